The van der Waals surface area contributed by atoms with Crippen LogP contribution < -0.4 is 0 Å². The molecule has 4 heteroatoms. The van der Waals surface area contributed by atoms with E-state index in [2.05, 4.69) is 13.5 Å². The van der Waals surface area contributed by atoms with Crippen LogP contribution in [0.15, 0.2) is 12.7 Å². The van der Waals surface area contributed by atoms with E-state index in [4.69, 9.17) is 5.11 Å². The van der Waals surface area contributed by atoms with Crippen molar-refractivity contribution in [3.8, 4) is 0 Å². The van der Waals surface area contributed by atoms with Crippen molar-refractivity contribution < 1.29 is 9.90 Å². The van der Waals surface area contributed by atoms with E-state index in [-0.39, 0.29) is 12.5 Å². The average Bonchev–Trinajstić information content (AvgIpc) is 2.30. The molecule has 1 N–H and O–H groups in total. The van der Waals surface area contributed by atoms with Crippen molar-refractivity contribution in [3.05, 3.63) is 12.7 Å². The molecule has 0 radical (unpaired) electrons. The van der Waals surface area contributed by atoms with E-state index >= 15 is 0 Å². The summed E-state index contributed by atoms with van der Waals surface area (Å²) in [5.74, 6) is 0.910. The topological polar surface area (TPSA) is 43.8 Å². The number of nitrogens with zero attached hydrogens (tertiary/aromatic N) is 2. The summed E-state index contributed by atoms with van der Waals surface area (Å²) < 4.78 is 0. The molecule has 1 aliphatic heterocycles. The van der Waals surface area contributed by atoms with E-state index in [1.54, 1.807) is 6.08 Å². The lowest BCUT2D eigenvalue weighted by molar-refractivity contribution is -0.133. The second-order valence-corrected chi connectivity index (χ2v) is 4.81. The normalized spacial score (nSPS) is 17.5. The standard InChI is InChI=1S/C13H24N2O2/c1-3-6-14(9-10-16)11-13(17)15-7-4-12(2)5-8-15/h3,12,16H,1,4-11H2,2H3. The van der Waals surface area contributed by atoms with Crippen molar-refractivity contribution in [2.75, 3.05) is 39.3 Å². The largest absolute Gasteiger partial charge is 0.395 e. The van der Waals surface area contributed by atoms with E-state index in [0.717, 1.165) is 31.8 Å². The molecule has 1 aliphatic rings. The van der Waals surface area contributed by atoms with E-state index < -0.39 is 0 Å². The van der Waals surface area contributed by atoms with Crippen LogP contribution in [0.3, 0.4) is 0 Å². The molecule has 17 heavy (non-hydrogen) atoms. The molecule has 0 unspecified atom stereocenters. The molecule has 0 spiro atoms. The lowest BCUT2D eigenvalue weighted by Gasteiger charge is -2.32. The van der Waals surface area contributed by atoms with Crippen molar-refractivity contribution in [1.82, 2.24) is 9.80 Å². The summed E-state index contributed by atoms with van der Waals surface area (Å²) in [6, 6.07) is 0. The second kappa shape index (κ2) is 7.45. The summed E-state index contributed by atoms with van der Waals surface area (Å²) in [5, 5.41) is 8.92. The lowest BCUT2D eigenvalue weighted by atomic mass is 9.99. The zero-order valence-electron chi connectivity index (χ0n) is 10.8. The Morgan fingerprint density at radius 3 is 2.71 bits per heavy atom. The number of aliphatic hydroxyl groups is 1. The molecule has 0 aromatic rings. The quantitative estimate of drug-likeness (QED) is 0.696. The highest BCUT2D eigenvalue weighted by Crippen LogP contribution is 2.16. The minimum Gasteiger partial charge on any atom is -0.395 e. The molecule has 1 heterocycles. The van der Waals surface area contributed by atoms with Crippen LogP contribution in [0.25, 0.3) is 0 Å². The molecular formula is C13H24N2O2. The molecule has 1 rings (SSSR count). The first-order valence-corrected chi connectivity index (χ1v) is 6.39. The molecule has 1 saturated heterocycles. The Morgan fingerprint density at radius 2 is 2.18 bits per heavy atom. The summed E-state index contributed by atoms with van der Waals surface area (Å²) in [6.45, 7) is 9.30. The van der Waals surface area contributed by atoms with Crippen LogP contribution in [0.1, 0.15) is 19.8 Å². The Morgan fingerprint density at radius 1 is 1.53 bits per heavy atom. The number of carbonyl (C=O) groups is 1. The lowest BCUT2D eigenvalue weighted by Crippen LogP contribution is -2.44. The number of hydrogen-bond acceptors (Lipinski definition) is 3. The van der Waals surface area contributed by atoms with Gasteiger partial charge in [0.15, 0.2) is 0 Å². The maximum atomic E-state index is 12.0. The highest BCUT2D eigenvalue weighted by molar-refractivity contribution is 5.78. The number of piperidine rings is 1. The Hall–Kier alpha value is -0.870. The number of aliphatic hydroxyl groups excluding tert-OH is 1. The molecule has 0 aliphatic carbocycles. The second-order valence-electron chi connectivity index (χ2n) is 4.81. The van der Waals surface area contributed by atoms with Crippen LogP contribution in [0.2, 0.25) is 0 Å². The predicted octanol–water partition coefficient (Wildman–Crippen LogP) is 0.725. The number of amides is 1. The molecule has 1 fully saturated rings. The van der Waals surface area contributed by atoms with Gasteiger partial charge in [0, 0.05) is 26.2 Å². The Balaban J connectivity index is 2.37. The zero-order valence-corrected chi connectivity index (χ0v) is 10.8. The van der Waals surface area contributed by atoms with Crippen LogP contribution in [0.5, 0.6) is 0 Å². The summed E-state index contributed by atoms with van der Waals surface area (Å²) in [5.41, 5.74) is 0. The van der Waals surface area contributed by atoms with E-state index in [1.807, 2.05) is 9.80 Å². The Kier molecular flexibility index (Phi) is 6.22. The first kappa shape index (κ1) is 14.2. The molecule has 0 atom stereocenters. The summed E-state index contributed by atoms with van der Waals surface area (Å²) >= 11 is 0. The molecule has 98 valence electrons. The minimum atomic E-state index is 0.0815. The number of rotatable bonds is 6. The Labute approximate surface area is 104 Å². The SMILES string of the molecule is C=CCN(CCO)CC(=O)N1CCC(C)CC1. The van der Waals surface area contributed by atoms with Gasteiger partial charge in [-0.1, -0.05) is 13.0 Å². The fourth-order valence-electron chi connectivity index (χ4n) is 2.11. The fraction of sp³-hybridized carbons (Fsp3) is 0.769. The van der Waals surface area contributed by atoms with E-state index in [1.165, 1.54) is 0 Å². The third-order valence-electron chi connectivity index (χ3n) is 3.30. The third-order valence-corrected chi connectivity index (χ3v) is 3.30. The zero-order chi connectivity index (χ0) is 12.7. The van der Waals surface area contributed by atoms with Crippen molar-refractivity contribution in [1.29, 1.82) is 0 Å². The van der Waals surface area contributed by atoms with Gasteiger partial charge in [0.2, 0.25) is 5.91 Å². The molecule has 0 aromatic carbocycles. The molecule has 0 aromatic heterocycles. The smallest absolute Gasteiger partial charge is 0.236 e. The van der Waals surface area contributed by atoms with E-state index in [0.29, 0.717) is 19.6 Å². The van der Waals surface area contributed by atoms with Gasteiger partial charge in [-0.05, 0) is 18.8 Å². The van der Waals surface area contributed by atoms with Gasteiger partial charge in [-0.15, -0.1) is 6.58 Å². The van der Waals surface area contributed by atoms with Crippen LogP contribution in [0.4, 0.5) is 0 Å². The molecular weight excluding hydrogens is 216 g/mol. The fourth-order valence-corrected chi connectivity index (χ4v) is 2.11. The van der Waals surface area contributed by atoms with Gasteiger partial charge in [0.05, 0.1) is 13.2 Å². The first-order valence-electron chi connectivity index (χ1n) is 6.39. The van der Waals surface area contributed by atoms with Crippen molar-refractivity contribution in [2.45, 2.75) is 19.8 Å². The van der Waals surface area contributed by atoms with Crippen LogP contribution in [-0.4, -0.2) is 60.1 Å². The Bertz CT molecular complexity index is 248. The average molecular weight is 240 g/mol. The minimum absolute atomic E-state index is 0.0815. The third kappa shape index (κ3) is 4.88. The van der Waals surface area contributed by atoms with Crippen LogP contribution in [-0.2, 0) is 4.79 Å². The van der Waals surface area contributed by atoms with E-state index in [9.17, 15) is 4.79 Å². The number of likely N-dealkylation sites (tertiary alicyclic amines) is 1. The van der Waals surface area contributed by atoms with Gasteiger partial charge in [-0.25, -0.2) is 0 Å². The van der Waals surface area contributed by atoms with Gasteiger partial charge in [0.1, 0.15) is 0 Å². The summed E-state index contributed by atoms with van der Waals surface area (Å²) in [7, 11) is 0. The molecule has 0 saturated carbocycles. The van der Waals surface area contributed by atoms with Gasteiger partial charge in [-0.3, -0.25) is 9.69 Å². The summed E-state index contributed by atoms with van der Waals surface area (Å²) in [4.78, 5) is 15.9. The van der Waals surface area contributed by atoms with Crippen molar-refractivity contribution >= 4 is 5.91 Å². The van der Waals surface area contributed by atoms with Gasteiger partial charge in [-0.2, -0.15) is 0 Å². The molecule has 0 bridgehead atoms. The number of carbonyl (C=O) groups excluding carboxylic acids is 1. The predicted molar refractivity (Wildman–Crippen MR) is 68.7 cm³/mol. The monoisotopic (exact) mass is 240 g/mol. The van der Waals surface area contributed by atoms with Gasteiger partial charge >= 0.3 is 0 Å². The van der Waals surface area contributed by atoms with Crippen LogP contribution >= 0.6 is 0 Å². The van der Waals surface area contributed by atoms with Crippen molar-refractivity contribution in [3.63, 3.8) is 0 Å². The first-order chi connectivity index (χ1) is 8.17. The highest BCUT2D eigenvalue weighted by atomic mass is 16.3. The van der Waals surface area contributed by atoms with Gasteiger partial charge in [0.25, 0.3) is 0 Å². The number of hydrogen-bond donors (Lipinski definition) is 1. The maximum absolute atomic E-state index is 12.0. The van der Waals surface area contributed by atoms with Crippen LogP contribution in [0, 0.1) is 5.92 Å². The molecule has 1 amide bonds. The summed E-state index contributed by atoms with van der Waals surface area (Å²) in [6.07, 6.45) is 3.97. The molecule has 4 nitrogen and oxygen atoms in total. The van der Waals surface area contributed by atoms with Gasteiger partial charge < -0.3 is 10.0 Å². The van der Waals surface area contributed by atoms with Crippen molar-refractivity contribution in [2.24, 2.45) is 5.92 Å². The highest BCUT2D eigenvalue weighted by Gasteiger charge is 2.21. The maximum Gasteiger partial charge on any atom is 0.236 e.